The molecule has 3 aliphatic rings. The van der Waals surface area contributed by atoms with Crippen molar-refractivity contribution in [3.8, 4) is 0 Å². The third-order valence-electron chi connectivity index (χ3n) is 5.37. The van der Waals surface area contributed by atoms with Crippen LogP contribution in [-0.4, -0.2) is 36.3 Å². The lowest BCUT2D eigenvalue weighted by atomic mass is 9.85. The molecule has 0 bridgehead atoms. The average Bonchev–Trinajstić information content (AvgIpc) is 2.94. The first kappa shape index (κ1) is 13.8. The van der Waals surface area contributed by atoms with Crippen molar-refractivity contribution in [1.82, 2.24) is 0 Å². The van der Waals surface area contributed by atoms with E-state index in [0.717, 1.165) is 31.7 Å². The van der Waals surface area contributed by atoms with Gasteiger partial charge in [0.05, 0.1) is 17.0 Å². The summed E-state index contributed by atoms with van der Waals surface area (Å²) in [7, 11) is 0. The highest BCUT2D eigenvalue weighted by Crippen LogP contribution is 2.43. The first-order valence-corrected chi connectivity index (χ1v) is 9.29. The second kappa shape index (κ2) is 5.40. The zero-order valence-electron chi connectivity index (χ0n) is 12.5. The van der Waals surface area contributed by atoms with Crippen LogP contribution >= 0.6 is 11.8 Å². The Kier molecular flexibility index (Phi) is 3.54. The van der Waals surface area contributed by atoms with Crippen molar-refractivity contribution >= 4 is 23.1 Å². The molecule has 1 aromatic rings. The molecular formula is C17H24N2OS. The molecule has 2 saturated heterocycles. The van der Waals surface area contributed by atoms with E-state index >= 15 is 0 Å². The fourth-order valence-electron chi connectivity index (χ4n) is 4.24. The lowest BCUT2D eigenvalue weighted by Crippen LogP contribution is -2.50. The zero-order valence-corrected chi connectivity index (χ0v) is 13.3. The van der Waals surface area contributed by atoms with Crippen molar-refractivity contribution in [2.24, 2.45) is 0 Å². The summed E-state index contributed by atoms with van der Waals surface area (Å²) in [5.41, 5.74) is 10.1. The summed E-state index contributed by atoms with van der Waals surface area (Å²) < 4.78 is 6.24. The van der Waals surface area contributed by atoms with Crippen molar-refractivity contribution in [3.05, 3.63) is 23.8 Å². The van der Waals surface area contributed by atoms with Gasteiger partial charge in [-0.15, -0.1) is 0 Å². The van der Waals surface area contributed by atoms with Gasteiger partial charge in [-0.2, -0.15) is 11.8 Å². The minimum atomic E-state index is 0.153. The maximum absolute atomic E-state index is 6.26. The summed E-state index contributed by atoms with van der Waals surface area (Å²) in [6, 6.07) is 6.97. The molecule has 4 heteroatoms. The summed E-state index contributed by atoms with van der Waals surface area (Å²) >= 11 is 2.07. The highest BCUT2D eigenvalue weighted by molar-refractivity contribution is 7.99. The van der Waals surface area contributed by atoms with Gasteiger partial charge in [0.1, 0.15) is 0 Å². The first-order chi connectivity index (χ1) is 10.3. The molecule has 0 radical (unpaired) electrons. The van der Waals surface area contributed by atoms with Gasteiger partial charge < -0.3 is 15.4 Å². The molecule has 1 atom stereocenters. The van der Waals surface area contributed by atoms with Crippen LogP contribution in [0.2, 0.25) is 0 Å². The minimum absolute atomic E-state index is 0.153. The van der Waals surface area contributed by atoms with Crippen molar-refractivity contribution in [2.45, 2.75) is 43.7 Å². The van der Waals surface area contributed by atoms with E-state index in [1.807, 2.05) is 6.07 Å². The molecule has 0 amide bonds. The second-order valence-corrected chi connectivity index (χ2v) is 7.81. The second-order valence-electron chi connectivity index (χ2n) is 6.59. The summed E-state index contributed by atoms with van der Waals surface area (Å²) in [5.74, 6) is 2.51. The standard InChI is InChI=1S/C17H24N2OS/c18-15-3-1-2-13-4-8-19(16(13)15)14-5-9-20-17(12-14)6-10-21-11-7-17/h1-3,14H,4-12,18H2. The Balaban J connectivity index is 1.58. The highest BCUT2D eigenvalue weighted by atomic mass is 32.2. The molecule has 3 heterocycles. The third-order valence-corrected chi connectivity index (χ3v) is 6.36. The van der Waals surface area contributed by atoms with E-state index in [4.69, 9.17) is 10.5 Å². The number of para-hydroxylation sites is 1. The van der Waals surface area contributed by atoms with Gasteiger partial charge in [0.25, 0.3) is 0 Å². The summed E-state index contributed by atoms with van der Waals surface area (Å²) in [6.45, 7) is 2.03. The average molecular weight is 304 g/mol. The van der Waals surface area contributed by atoms with Gasteiger partial charge in [-0.1, -0.05) is 12.1 Å². The molecule has 114 valence electrons. The van der Waals surface area contributed by atoms with Gasteiger partial charge in [0.2, 0.25) is 0 Å². The van der Waals surface area contributed by atoms with E-state index in [0.29, 0.717) is 6.04 Å². The fraction of sp³-hybridized carbons (Fsp3) is 0.647. The van der Waals surface area contributed by atoms with Crippen LogP contribution in [0.3, 0.4) is 0 Å². The van der Waals surface area contributed by atoms with Gasteiger partial charge in [-0.25, -0.2) is 0 Å². The first-order valence-electron chi connectivity index (χ1n) is 8.13. The third kappa shape index (κ3) is 2.42. The van der Waals surface area contributed by atoms with E-state index in [1.54, 1.807) is 0 Å². The Labute approximate surface area is 131 Å². The molecule has 2 N–H and O–H groups in total. The number of nitrogens with zero attached hydrogens (tertiary/aromatic N) is 1. The number of benzene rings is 1. The maximum atomic E-state index is 6.26. The topological polar surface area (TPSA) is 38.5 Å². The lowest BCUT2D eigenvalue weighted by molar-refractivity contribution is -0.0895. The van der Waals surface area contributed by atoms with Gasteiger partial charge in [0, 0.05) is 19.2 Å². The molecule has 0 aromatic heterocycles. The Morgan fingerprint density at radius 2 is 2.14 bits per heavy atom. The van der Waals surface area contributed by atoms with E-state index in [-0.39, 0.29) is 5.60 Å². The quantitative estimate of drug-likeness (QED) is 0.809. The Hall–Kier alpha value is -0.870. The number of hydrogen-bond donors (Lipinski definition) is 1. The number of nitrogen functional groups attached to an aromatic ring is 1. The van der Waals surface area contributed by atoms with Gasteiger partial charge in [-0.3, -0.25) is 0 Å². The number of anilines is 2. The molecule has 1 spiro atoms. The Morgan fingerprint density at radius 3 is 3.00 bits per heavy atom. The van der Waals surface area contributed by atoms with Crippen molar-refractivity contribution < 1.29 is 4.74 Å². The summed E-state index contributed by atoms with van der Waals surface area (Å²) in [4.78, 5) is 2.58. The fourth-order valence-corrected chi connectivity index (χ4v) is 5.48. The largest absolute Gasteiger partial charge is 0.397 e. The summed E-state index contributed by atoms with van der Waals surface area (Å²) in [6.07, 6.45) is 5.91. The van der Waals surface area contributed by atoms with E-state index in [9.17, 15) is 0 Å². The SMILES string of the molecule is Nc1cccc2c1N(C1CCOC3(CCSCC3)C1)CC2. The smallest absolute Gasteiger partial charge is 0.0717 e. The summed E-state index contributed by atoms with van der Waals surface area (Å²) in [5, 5.41) is 0. The highest BCUT2D eigenvalue weighted by Gasteiger charge is 2.41. The van der Waals surface area contributed by atoms with Crippen LogP contribution in [0.15, 0.2) is 18.2 Å². The van der Waals surface area contributed by atoms with Gasteiger partial charge >= 0.3 is 0 Å². The predicted octanol–water partition coefficient (Wildman–Crippen LogP) is 3.08. The van der Waals surface area contributed by atoms with Crippen LogP contribution < -0.4 is 10.6 Å². The molecule has 4 rings (SSSR count). The number of nitrogens with two attached hydrogens (primary N) is 1. The number of hydrogen-bond acceptors (Lipinski definition) is 4. The molecular weight excluding hydrogens is 280 g/mol. The van der Waals surface area contributed by atoms with Crippen LogP contribution in [0.5, 0.6) is 0 Å². The number of thioether (sulfide) groups is 1. The molecule has 0 saturated carbocycles. The zero-order chi connectivity index (χ0) is 14.3. The Morgan fingerprint density at radius 1 is 1.29 bits per heavy atom. The van der Waals surface area contributed by atoms with Crippen molar-refractivity contribution in [3.63, 3.8) is 0 Å². The van der Waals surface area contributed by atoms with Crippen molar-refractivity contribution in [2.75, 3.05) is 35.3 Å². The number of ether oxygens (including phenoxy) is 1. The minimum Gasteiger partial charge on any atom is -0.397 e. The van der Waals surface area contributed by atoms with Crippen LogP contribution in [0, 0.1) is 0 Å². The van der Waals surface area contributed by atoms with Crippen LogP contribution in [0.1, 0.15) is 31.2 Å². The van der Waals surface area contributed by atoms with Crippen LogP contribution in [-0.2, 0) is 11.2 Å². The van der Waals surface area contributed by atoms with Crippen LogP contribution in [0.25, 0.3) is 0 Å². The molecule has 1 aromatic carbocycles. The lowest BCUT2D eigenvalue weighted by Gasteiger charge is -2.46. The number of rotatable bonds is 1. The van der Waals surface area contributed by atoms with E-state index < -0.39 is 0 Å². The van der Waals surface area contributed by atoms with Gasteiger partial charge in [-0.05, 0) is 55.2 Å². The van der Waals surface area contributed by atoms with E-state index in [2.05, 4.69) is 28.8 Å². The Bertz CT molecular complexity index is 522. The molecule has 0 aliphatic carbocycles. The number of fused-ring (bicyclic) bond motifs is 1. The molecule has 21 heavy (non-hydrogen) atoms. The van der Waals surface area contributed by atoms with Crippen LogP contribution in [0.4, 0.5) is 11.4 Å². The monoisotopic (exact) mass is 304 g/mol. The van der Waals surface area contributed by atoms with Crippen molar-refractivity contribution in [1.29, 1.82) is 0 Å². The van der Waals surface area contributed by atoms with Gasteiger partial charge in [0.15, 0.2) is 0 Å². The maximum Gasteiger partial charge on any atom is 0.0717 e. The molecule has 3 nitrogen and oxygen atoms in total. The molecule has 1 unspecified atom stereocenters. The molecule has 3 aliphatic heterocycles. The predicted molar refractivity (Wildman–Crippen MR) is 90.2 cm³/mol. The molecule has 2 fully saturated rings. The van der Waals surface area contributed by atoms with E-state index in [1.165, 1.54) is 42.0 Å². The normalized spacial score (nSPS) is 27.8.